The minimum atomic E-state index is 0. The first-order valence-electron chi connectivity index (χ1n) is 8.44. The minimum absolute atomic E-state index is 0. The van der Waals surface area contributed by atoms with Crippen molar-refractivity contribution in [1.82, 2.24) is 15.3 Å². The van der Waals surface area contributed by atoms with Crippen LogP contribution in [0.2, 0.25) is 0 Å². The first kappa shape index (κ1) is 18.5. The van der Waals surface area contributed by atoms with Crippen LogP contribution in [0.5, 0.6) is 0 Å². The van der Waals surface area contributed by atoms with Crippen LogP contribution in [-0.2, 0) is 4.79 Å². The Kier molecular flexibility index (Phi) is 6.37. The fraction of sp³-hybridized carbons (Fsp3) is 0.500. The number of piperidine rings is 1. The zero-order valence-corrected chi connectivity index (χ0v) is 15.1. The molecule has 3 rings (SSSR count). The Balaban J connectivity index is 0.00000208. The molecular weight excluding hydrogens is 324 g/mol. The SMILES string of the molecule is CCC(C)NC(=O)C1CCN(c2cnc3ccccc3n2)CC1.Cl. The van der Waals surface area contributed by atoms with Crippen molar-refractivity contribution in [3.05, 3.63) is 30.5 Å². The van der Waals surface area contributed by atoms with E-state index in [-0.39, 0.29) is 30.3 Å². The summed E-state index contributed by atoms with van der Waals surface area (Å²) in [6.07, 6.45) is 4.55. The summed E-state index contributed by atoms with van der Waals surface area (Å²) in [5, 5.41) is 3.09. The van der Waals surface area contributed by atoms with Crippen LogP contribution in [0.1, 0.15) is 33.1 Å². The van der Waals surface area contributed by atoms with Gasteiger partial charge in [0.2, 0.25) is 5.91 Å². The molecule has 1 fully saturated rings. The third kappa shape index (κ3) is 4.15. The number of hydrogen-bond donors (Lipinski definition) is 1. The van der Waals surface area contributed by atoms with E-state index in [9.17, 15) is 4.79 Å². The lowest BCUT2D eigenvalue weighted by molar-refractivity contribution is -0.126. The number of aromatic nitrogens is 2. The van der Waals surface area contributed by atoms with Crippen LogP contribution in [-0.4, -0.2) is 35.0 Å². The van der Waals surface area contributed by atoms with Gasteiger partial charge in [-0.15, -0.1) is 12.4 Å². The Morgan fingerprint density at radius 1 is 1.29 bits per heavy atom. The second-order valence-electron chi connectivity index (χ2n) is 6.30. The molecule has 2 aromatic rings. The van der Waals surface area contributed by atoms with E-state index in [1.54, 1.807) is 0 Å². The highest BCUT2D eigenvalue weighted by Crippen LogP contribution is 2.23. The van der Waals surface area contributed by atoms with Crippen LogP contribution < -0.4 is 10.2 Å². The Morgan fingerprint density at radius 2 is 1.96 bits per heavy atom. The monoisotopic (exact) mass is 348 g/mol. The molecule has 0 radical (unpaired) electrons. The van der Waals surface area contributed by atoms with Gasteiger partial charge in [0, 0.05) is 25.0 Å². The van der Waals surface area contributed by atoms with Crippen molar-refractivity contribution in [2.24, 2.45) is 5.92 Å². The first-order chi connectivity index (χ1) is 11.2. The van der Waals surface area contributed by atoms with E-state index >= 15 is 0 Å². The summed E-state index contributed by atoms with van der Waals surface area (Å²) in [4.78, 5) is 23.6. The molecule has 24 heavy (non-hydrogen) atoms. The number of nitrogens with one attached hydrogen (secondary N) is 1. The van der Waals surface area contributed by atoms with Gasteiger partial charge in [0.15, 0.2) is 0 Å². The normalized spacial score (nSPS) is 16.5. The predicted molar refractivity (Wildman–Crippen MR) is 99.6 cm³/mol. The van der Waals surface area contributed by atoms with Crippen molar-refractivity contribution in [2.75, 3.05) is 18.0 Å². The van der Waals surface area contributed by atoms with E-state index < -0.39 is 0 Å². The van der Waals surface area contributed by atoms with Crippen LogP contribution >= 0.6 is 12.4 Å². The molecule has 1 aromatic heterocycles. The number of para-hydroxylation sites is 2. The van der Waals surface area contributed by atoms with Gasteiger partial charge in [-0.1, -0.05) is 19.1 Å². The standard InChI is InChI=1S/C18H24N4O.ClH/c1-3-13(2)20-18(23)14-8-10-22(11-9-14)17-12-19-15-6-4-5-7-16(15)21-17;/h4-7,12-14H,3,8-11H2,1-2H3,(H,20,23);1H. The number of nitrogens with zero attached hydrogens (tertiary/aromatic N) is 3. The van der Waals surface area contributed by atoms with E-state index in [4.69, 9.17) is 4.98 Å². The van der Waals surface area contributed by atoms with Crippen molar-refractivity contribution < 1.29 is 4.79 Å². The molecule has 5 nitrogen and oxygen atoms in total. The highest BCUT2D eigenvalue weighted by molar-refractivity contribution is 5.85. The van der Waals surface area contributed by atoms with Crippen molar-refractivity contribution in [3.63, 3.8) is 0 Å². The summed E-state index contributed by atoms with van der Waals surface area (Å²) in [6, 6.07) is 8.16. The van der Waals surface area contributed by atoms with Gasteiger partial charge in [0.05, 0.1) is 17.2 Å². The second kappa shape index (κ2) is 8.29. The number of rotatable bonds is 4. The van der Waals surface area contributed by atoms with Crippen LogP contribution in [0.25, 0.3) is 11.0 Å². The molecule has 1 amide bonds. The Hall–Kier alpha value is -1.88. The molecule has 0 spiro atoms. The summed E-state index contributed by atoms with van der Waals surface area (Å²) in [5.74, 6) is 1.22. The quantitative estimate of drug-likeness (QED) is 0.921. The van der Waals surface area contributed by atoms with Gasteiger partial charge in [-0.2, -0.15) is 0 Å². The van der Waals surface area contributed by atoms with E-state index in [0.717, 1.165) is 49.2 Å². The van der Waals surface area contributed by atoms with Gasteiger partial charge < -0.3 is 10.2 Å². The van der Waals surface area contributed by atoms with Gasteiger partial charge in [-0.05, 0) is 38.3 Å². The average molecular weight is 349 g/mol. The zero-order chi connectivity index (χ0) is 16.2. The lowest BCUT2D eigenvalue weighted by atomic mass is 9.95. The van der Waals surface area contributed by atoms with E-state index in [2.05, 4.69) is 29.0 Å². The number of amides is 1. The van der Waals surface area contributed by atoms with Crippen molar-refractivity contribution in [3.8, 4) is 0 Å². The number of halogens is 1. The highest BCUT2D eigenvalue weighted by Gasteiger charge is 2.26. The number of fused-ring (bicyclic) bond motifs is 1. The summed E-state index contributed by atoms with van der Waals surface area (Å²) < 4.78 is 0. The van der Waals surface area contributed by atoms with Crippen molar-refractivity contribution in [1.29, 1.82) is 0 Å². The number of carbonyl (C=O) groups excluding carboxylic acids is 1. The van der Waals surface area contributed by atoms with Gasteiger partial charge in [-0.25, -0.2) is 4.98 Å². The highest BCUT2D eigenvalue weighted by atomic mass is 35.5. The number of carbonyl (C=O) groups is 1. The molecule has 130 valence electrons. The maximum Gasteiger partial charge on any atom is 0.223 e. The van der Waals surface area contributed by atoms with Gasteiger partial charge in [0.25, 0.3) is 0 Å². The lowest BCUT2D eigenvalue weighted by Crippen LogP contribution is -2.43. The Morgan fingerprint density at radius 3 is 2.62 bits per heavy atom. The minimum Gasteiger partial charge on any atom is -0.355 e. The van der Waals surface area contributed by atoms with Crippen LogP contribution in [0.15, 0.2) is 30.5 Å². The number of anilines is 1. The molecule has 0 saturated carbocycles. The molecule has 1 unspecified atom stereocenters. The number of benzene rings is 1. The molecule has 1 atom stereocenters. The zero-order valence-electron chi connectivity index (χ0n) is 14.2. The van der Waals surface area contributed by atoms with Crippen LogP contribution in [0.4, 0.5) is 5.82 Å². The van der Waals surface area contributed by atoms with Gasteiger partial charge >= 0.3 is 0 Å². The molecule has 1 saturated heterocycles. The smallest absolute Gasteiger partial charge is 0.223 e. The van der Waals surface area contributed by atoms with Crippen molar-refractivity contribution in [2.45, 2.75) is 39.2 Å². The van der Waals surface area contributed by atoms with E-state index in [0.29, 0.717) is 0 Å². The lowest BCUT2D eigenvalue weighted by Gasteiger charge is -2.32. The molecule has 1 N–H and O–H groups in total. The summed E-state index contributed by atoms with van der Waals surface area (Å²) in [6.45, 7) is 5.85. The van der Waals surface area contributed by atoms with Gasteiger partial charge in [0.1, 0.15) is 5.82 Å². The molecule has 1 aliphatic rings. The molecule has 1 aromatic carbocycles. The third-order valence-corrected chi connectivity index (χ3v) is 4.63. The maximum atomic E-state index is 12.2. The maximum absolute atomic E-state index is 12.2. The number of hydrogen-bond acceptors (Lipinski definition) is 4. The second-order valence-corrected chi connectivity index (χ2v) is 6.30. The van der Waals surface area contributed by atoms with Crippen LogP contribution in [0.3, 0.4) is 0 Å². The average Bonchev–Trinajstić information content (AvgIpc) is 2.61. The Labute approximate surface area is 149 Å². The summed E-state index contributed by atoms with van der Waals surface area (Å²) >= 11 is 0. The fourth-order valence-corrected chi connectivity index (χ4v) is 2.93. The van der Waals surface area contributed by atoms with Crippen LogP contribution in [0, 0.1) is 5.92 Å². The molecular formula is C18H25ClN4O. The molecule has 6 heteroatoms. The Bertz CT molecular complexity index is 686. The van der Waals surface area contributed by atoms with E-state index in [1.807, 2.05) is 30.5 Å². The fourth-order valence-electron chi connectivity index (χ4n) is 2.93. The molecule has 2 heterocycles. The summed E-state index contributed by atoms with van der Waals surface area (Å²) in [5.41, 5.74) is 1.83. The largest absolute Gasteiger partial charge is 0.355 e. The first-order valence-corrected chi connectivity index (χ1v) is 8.44. The van der Waals surface area contributed by atoms with E-state index in [1.165, 1.54) is 0 Å². The topological polar surface area (TPSA) is 58.1 Å². The van der Waals surface area contributed by atoms with Crippen molar-refractivity contribution >= 4 is 35.2 Å². The summed E-state index contributed by atoms with van der Waals surface area (Å²) in [7, 11) is 0. The molecule has 0 bridgehead atoms. The molecule has 1 aliphatic heterocycles. The third-order valence-electron chi connectivity index (χ3n) is 4.63. The molecule has 0 aliphatic carbocycles. The van der Waals surface area contributed by atoms with Gasteiger partial charge in [-0.3, -0.25) is 9.78 Å². The predicted octanol–water partition coefficient (Wildman–Crippen LogP) is 3.18.